The molecule has 1 aliphatic heterocycles. The van der Waals surface area contributed by atoms with Crippen LogP contribution in [0.3, 0.4) is 0 Å². The number of rotatable bonds is 6. The van der Waals surface area contributed by atoms with Crippen LogP contribution in [0.25, 0.3) is 0 Å². The summed E-state index contributed by atoms with van der Waals surface area (Å²) in [7, 11) is -2.93. The molecule has 0 spiro atoms. The number of halogens is 1. The Morgan fingerprint density at radius 3 is 2.67 bits per heavy atom. The molecule has 0 radical (unpaired) electrons. The van der Waals surface area contributed by atoms with Crippen molar-refractivity contribution in [2.45, 2.75) is 46.1 Å². The molecule has 0 bridgehead atoms. The Labute approximate surface area is 130 Å². The first kappa shape index (κ1) is 16.5. The third kappa shape index (κ3) is 3.86. The maximum atomic E-state index is 12.2. The number of carbonyl (C=O) groups excluding carboxylic acids is 1. The second-order valence-corrected chi connectivity index (χ2v) is 8.17. The number of hydrogen-bond donors (Lipinski definition) is 0. The summed E-state index contributed by atoms with van der Waals surface area (Å²) in [6, 6.07) is 0. The summed E-state index contributed by atoms with van der Waals surface area (Å²) in [5, 5.41) is 4.97. The highest BCUT2D eigenvalue weighted by atomic mass is 35.5. The summed E-state index contributed by atoms with van der Waals surface area (Å²) in [6.07, 6.45) is 1.87. The maximum absolute atomic E-state index is 12.2. The van der Waals surface area contributed by atoms with Gasteiger partial charge in [0.05, 0.1) is 27.9 Å². The highest BCUT2D eigenvalue weighted by molar-refractivity contribution is 7.91. The highest BCUT2D eigenvalue weighted by Crippen LogP contribution is 2.25. The van der Waals surface area contributed by atoms with E-state index in [1.807, 2.05) is 13.8 Å². The number of hydrogen-bond acceptors (Lipinski definition) is 4. The van der Waals surface area contributed by atoms with Gasteiger partial charge in [-0.1, -0.05) is 18.5 Å². The van der Waals surface area contributed by atoms with Crippen LogP contribution in [0.1, 0.15) is 38.1 Å². The molecule has 1 aliphatic rings. The third-order valence-electron chi connectivity index (χ3n) is 3.90. The van der Waals surface area contributed by atoms with Gasteiger partial charge in [0, 0.05) is 19.4 Å². The fourth-order valence-corrected chi connectivity index (χ4v) is 5.00. The first-order valence-electron chi connectivity index (χ1n) is 7.32. The van der Waals surface area contributed by atoms with Crippen molar-refractivity contribution in [2.24, 2.45) is 5.92 Å². The maximum Gasteiger partial charge on any atom is 0.150 e. The number of aromatic nitrogens is 2. The number of aryl methyl sites for hydroxylation is 2. The number of Topliss-reactive ketones (excluding diaryl/α,β-unsaturated/α-hetero) is 1. The zero-order chi connectivity index (χ0) is 15.6. The second kappa shape index (κ2) is 6.48. The van der Waals surface area contributed by atoms with E-state index < -0.39 is 9.84 Å². The van der Waals surface area contributed by atoms with Gasteiger partial charge in [-0.15, -0.1) is 0 Å². The molecule has 118 valence electrons. The van der Waals surface area contributed by atoms with E-state index in [1.165, 1.54) is 0 Å². The third-order valence-corrected chi connectivity index (χ3v) is 6.18. The smallest absolute Gasteiger partial charge is 0.150 e. The van der Waals surface area contributed by atoms with Crippen molar-refractivity contribution < 1.29 is 13.2 Å². The molecule has 21 heavy (non-hydrogen) atoms. The standard InChI is InChI=1S/C14H21ClN2O3S/c1-3-12-14(15)13(17(4-2)16-12)8-11(18)7-10-5-6-21(19,20)9-10/h10H,3-9H2,1-2H3. The van der Waals surface area contributed by atoms with Gasteiger partial charge in [-0.05, 0) is 25.7 Å². The largest absolute Gasteiger partial charge is 0.299 e. The van der Waals surface area contributed by atoms with E-state index in [0.717, 1.165) is 17.8 Å². The van der Waals surface area contributed by atoms with Gasteiger partial charge in [-0.25, -0.2) is 8.42 Å². The Morgan fingerprint density at radius 2 is 2.14 bits per heavy atom. The van der Waals surface area contributed by atoms with Gasteiger partial charge in [-0.3, -0.25) is 9.48 Å². The van der Waals surface area contributed by atoms with Crippen LogP contribution < -0.4 is 0 Å². The monoisotopic (exact) mass is 332 g/mol. The minimum Gasteiger partial charge on any atom is -0.299 e. The van der Waals surface area contributed by atoms with Crippen molar-refractivity contribution in [3.8, 4) is 0 Å². The molecule has 5 nitrogen and oxygen atoms in total. The summed E-state index contributed by atoms with van der Waals surface area (Å²) in [6.45, 7) is 4.60. The van der Waals surface area contributed by atoms with Gasteiger partial charge in [0.2, 0.25) is 0 Å². The lowest BCUT2D eigenvalue weighted by Gasteiger charge is -2.08. The van der Waals surface area contributed by atoms with Crippen molar-refractivity contribution >= 4 is 27.2 Å². The van der Waals surface area contributed by atoms with Crippen LogP contribution in [-0.4, -0.2) is 35.5 Å². The van der Waals surface area contributed by atoms with Gasteiger partial charge >= 0.3 is 0 Å². The van der Waals surface area contributed by atoms with E-state index >= 15 is 0 Å². The Balaban J connectivity index is 2.05. The average molecular weight is 333 g/mol. The molecule has 0 amide bonds. The molecule has 1 fully saturated rings. The van der Waals surface area contributed by atoms with Gasteiger partial charge in [0.25, 0.3) is 0 Å². The zero-order valence-electron chi connectivity index (χ0n) is 12.4. The van der Waals surface area contributed by atoms with Crippen LogP contribution >= 0.6 is 11.6 Å². The van der Waals surface area contributed by atoms with Gasteiger partial charge in [0.15, 0.2) is 9.84 Å². The lowest BCUT2D eigenvalue weighted by Crippen LogP contribution is -2.14. The van der Waals surface area contributed by atoms with Crippen molar-refractivity contribution in [1.29, 1.82) is 0 Å². The van der Waals surface area contributed by atoms with E-state index in [1.54, 1.807) is 4.68 Å². The molecule has 0 N–H and O–H groups in total. The number of nitrogens with zero attached hydrogens (tertiary/aromatic N) is 2. The van der Waals surface area contributed by atoms with Crippen LogP contribution in [0.15, 0.2) is 0 Å². The fraction of sp³-hybridized carbons (Fsp3) is 0.714. The molecule has 1 aromatic rings. The Kier molecular flexibility index (Phi) is 5.09. The van der Waals surface area contributed by atoms with Crippen LogP contribution in [-0.2, 0) is 34.0 Å². The molecule has 0 aliphatic carbocycles. The van der Waals surface area contributed by atoms with Crippen LogP contribution in [0.4, 0.5) is 0 Å². The average Bonchev–Trinajstić information content (AvgIpc) is 2.90. The van der Waals surface area contributed by atoms with Crippen LogP contribution in [0, 0.1) is 5.92 Å². The second-order valence-electron chi connectivity index (χ2n) is 5.57. The number of carbonyl (C=O) groups is 1. The molecular formula is C14H21ClN2O3S. The summed E-state index contributed by atoms with van der Waals surface area (Å²) >= 11 is 6.28. The molecule has 2 rings (SSSR count). The molecule has 7 heteroatoms. The molecule has 2 heterocycles. The quantitative estimate of drug-likeness (QED) is 0.799. The first-order chi connectivity index (χ1) is 9.86. The predicted molar refractivity (Wildman–Crippen MR) is 82.4 cm³/mol. The molecular weight excluding hydrogens is 312 g/mol. The molecule has 1 atom stereocenters. The predicted octanol–water partition coefficient (Wildman–Crippen LogP) is 2.06. The lowest BCUT2D eigenvalue weighted by molar-refractivity contribution is -0.119. The van der Waals surface area contributed by atoms with Crippen molar-refractivity contribution in [1.82, 2.24) is 9.78 Å². The topological polar surface area (TPSA) is 69.0 Å². The van der Waals surface area contributed by atoms with E-state index in [0.29, 0.717) is 24.4 Å². The van der Waals surface area contributed by atoms with Crippen molar-refractivity contribution in [2.75, 3.05) is 11.5 Å². The highest BCUT2D eigenvalue weighted by Gasteiger charge is 2.29. The van der Waals surface area contributed by atoms with Gasteiger partial charge in [-0.2, -0.15) is 5.10 Å². The van der Waals surface area contributed by atoms with E-state index in [-0.39, 0.29) is 29.6 Å². The first-order valence-corrected chi connectivity index (χ1v) is 9.52. The molecule has 0 aromatic carbocycles. The van der Waals surface area contributed by atoms with Gasteiger partial charge in [0.1, 0.15) is 5.78 Å². The summed E-state index contributed by atoms with van der Waals surface area (Å²) in [5.41, 5.74) is 1.56. The minimum atomic E-state index is -2.93. The SMILES string of the molecule is CCc1nn(CC)c(CC(=O)CC2CCS(=O)(=O)C2)c1Cl. The van der Waals surface area contributed by atoms with Crippen molar-refractivity contribution in [3.05, 3.63) is 16.4 Å². The minimum absolute atomic E-state index is 0.0371. The number of sulfone groups is 1. The lowest BCUT2D eigenvalue weighted by atomic mass is 9.99. The van der Waals surface area contributed by atoms with Crippen LogP contribution in [0.2, 0.25) is 5.02 Å². The molecule has 1 unspecified atom stereocenters. The zero-order valence-corrected chi connectivity index (χ0v) is 14.0. The molecule has 0 saturated carbocycles. The van der Waals surface area contributed by atoms with Crippen molar-refractivity contribution in [3.63, 3.8) is 0 Å². The Bertz CT molecular complexity index is 637. The van der Waals surface area contributed by atoms with E-state index in [2.05, 4.69) is 5.10 Å². The van der Waals surface area contributed by atoms with E-state index in [9.17, 15) is 13.2 Å². The number of ketones is 1. The Morgan fingerprint density at radius 1 is 1.43 bits per heavy atom. The molecule has 1 aromatic heterocycles. The van der Waals surface area contributed by atoms with E-state index in [4.69, 9.17) is 11.6 Å². The van der Waals surface area contributed by atoms with Crippen LogP contribution in [0.5, 0.6) is 0 Å². The fourth-order valence-electron chi connectivity index (χ4n) is 2.80. The normalized spacial score (nSPS) is 20.8. The summed E-state index contributed by atoms with van der Waals surface area (Å²) in [4.78, 5) is 12.2. The molecule has 1 saturated heterocycles. The summed E-state index contributed by atoms with van der Waals surface area (Å²) in [5.74, 6) is 0.347. The summed E-state index contributed by atoms with van der Waals surface area (Å²) < 4.78 is 24.6. The van der Waals surface area contributed by atoms with Gasteiger partial charge < -0.3 is 0 Å². The Hall–Kier alpha value is -0.880.